The summed E-state index contributed by atoms with van der Waals surface area (Å²) >= 11 is 4.10. The van der Waals surface area contributed by atoms with Gasteiger partial charge >= 0.3 is 5.97 Å². The lowest BCUT2D eigenvalue weighted by atomic mass is 10.4. The van der Waals surface area contributed by atoms with E-state index in [2.05, 4.69) is 20.7 Å². The number of ether oxygens (including phenoxy) is 1. The second kappa shape index (κ2) is 6.12. The number of carbonyl (C=O) groups excluding carboxylic acids is 1. The van der Waals surface area contributed by atoms with Crippen molar-refractivity contribution in [1.29, 1.82) is 0 Å². The molecule has 0 aliphatic rings. The van der Waals surface area contributed by atoms with Crippen LogP contribution in [-0.4, -0.2) is 18.1 Å². The number of hydrogen-bond acceptors (Lipinski definition) is 3. The van der Waals surface area contributed by atoms with Crippen LogP contribution < -0.4 is 0 Å². The molecule has 1 atom stereocenters. The van der Waals surface area contributed by atoms with E-state index in [1.54, 1.807) is 25.1 Å². The van der Waals surface area contributed by atoms with E-state index in [0.717, 1.165) is 16.2 Å². The van der Waals surface area contributed by atoms with Gasteiger partial charge < -0.3 is 4.74 Å². The predicted molar refractivity (Wildman–Crippen MR) is 61.5 cm³/mol. The van der Waals surface area contributed by atoms with Gasteiger partial charge in [0, 0.05) is 9.37 Å². The standard InChI is InChI=1S/C10H10BrFO2S/c1-2-14-10(13)9(12)15-8-6-4-3-5-7(8)11/h3-6,9H,2H2,1H3. The number of thioether (sulfide) groups is 1. The van der Waals surface area contributed by atoms with Crippen LogP contribution in [0.2, 0.25) is 0 Å². The number of rotatable bonds is 4. The van der Waals surface area contributed by atoms with Gasteiger partial charge in [-0.1, -0.05) is 23.9 Å². The molecule has 0 radical (unpaired) electrons. The fourth-order valence-electron chi connectivity index (χ4n) is 0.908. The molecule has 1 rings (SSSR count). The Balaban J connectivity index is 2.62. The Labute approximate surface area is 100 Å². The molecule has 0 heterocycles. The molecule has 0 aromatic heterocycles. The molecular weight excluding hydrogens is 283 g/mol. The molecule has 2 nitrogen and oxygen atoms in total. The van der Waals surface area contributed by atoms with E-state index in [-0.39, 0.29) is 6.61 Å². The highest BCUT2D eigenvalue weighted by atomic mass is 79.9. The van der Waals surface area contributed by atoms with E-state index in [1.165, 1.54) is 0 Å². The first-order chi connectivity index (χ1) is 7.15. The maximum absolute atomic E-state index is 13.3. The Morgan fingerprint density at radius 2 is 2.27 bits per heavy atom. The van der Waals surface area contributed by atoms with Crippen LogP contribution in [0.25, 0.3) is 0 Å². The highest BCUT2D eigenvalue weighted by Crippen LogP contribution is 2.31. The Bertz CT molecular complexity index is 346. The lowest BCUT2D eigenvalue weighted by Crippen LogP contribution is -2.15. The van der Waals surface area contributed by atoms with Gasteiger partial charge in [0.25, 0.3) is 0 Å². The Morgan fingerprint density at radius 1 is 1.60 bits per heavy atom. The van der Waals surface area contributed by atoms with Crippen LogP contribution in [0.4, 0.5) is 4.39 Å². The first-order valence-electron chi connectivity index (χ1n) is 4.37. The zero-order valence-corrected chi connectivity index (χ0v) is 10.5. The number of esters is 1. The smallest absolute Gasteiger partial charge is 0.351 e. The molecule has 1 aromatic carbocycles. The van der Waals surface area contributed by atoms with Gasteiger partial charge in [0.1, 0.15) is 0 Å². The molecule has 82 valence electrons. The Kier molecular flexibility index (Phi) is 5.11. The maximum Gasteiger partial charge on any atom is 0.351 e. The summed E-state index contributed by atoms with van der Waals surface area (Å²) in [5.74, 6) is -0.835. The van der Waals surface area contributed by atoms with Gasteiger partial charge in [0.05, 0.1) is 6.61 Å². The van der Waals surface area contributed by atoms with Crippen molar-refractivity contribution < 1.29 is 13.9 Å². The van der Waals surface area contributed by atoms with Crippen LogP contribution in [0.15, 0.2) is 33.6 Å². The number of hydrogen-bond donors (Lipinski definition) is 0. The molecule has 0 amide bonds. The average molecular weight is 293 g/mol. The van der Waals surface area contributed by atoms with Gasteiger partial charge in [0.15, 0.2) is 0 Å². The number of carbonyl (C=O) groups is 1. The van der Waals surface area contributed by atoms with Crippen LogP contribution in [0, 0.1) is 0 Å². The lowest BCUT2D eigenvalue weighted by Gasteiger charge is -2.08. The highest BCUT2D eigenvalue weighted by Gasteiger charge is 2.20. The molecule has 0 aliphatic heterocycles. The third-order valence-corrected chi connectivity index (χ3v) is 3.50. The number of halogens is 2. The molecule has 0 saturated heterocycles. The minimum absolute atomic E-state index is 0.190. The summed E-state index contributed by atoms with van der Waals surface area (Å²) in [5.41, 5.74) is -1.68. The summed E-state index contributed by atoms with van der Waals surface area (Å²) in [4.78, 5) is 11.7. The second-order valence-corrected chi connectivity index (χ2v) is 4.56. The molecule has 0 saturated carbocycles. The molecule has 0 spiro atoms. The van der Waals surface area contributed by atoms with Gasteiger partial charge in [-0.2, -0.15) is 0 Å². The molecule has 1 unspecified atom stereocenters. The fraction of sp³-hybridized carbons (Fsp3) is 0.300. The van der Waals surface area contributed by atoms with Crippen LogP contribution in [0.3, 0.4) is 0 Å². The van der Waals surface area contributed by atoms with E-state index in [1.807, 2.05) is 6.07 Å². The summed E-state index contributed by atoms with van der Waals surface area (Å²) in [5, 5.41) is 0. The predicted octanol–water partition coefficient (Wildman–Crippen LogP) is 3.40. The van der Waals surface area contributed by atoms with Gasteiger partial charge in [-0.05, 0) is 35.0 Å². The molecule has 0 aliphatic carbocycles. The molecule has 0 N–H and O–H groups in total. The normalized spacial score (nSPS) is 12.2. The number of alkyl halides is 1. The summed E-state index contributed by atoms with van der Waals surface area (Å²) < 4.78 is 18.6. The Hall–Kier alpha value is -0.550. The van der Waals surface area contributed by atoms with Crippen molar-refractivity contribution in [2.24, 2.45) is 0 Å². The quantitative estimate of drug-likeness (QED) is 0.628. The highest BCUT2D eigenvalue weighted by molar-refractivity contribution is 9.10. The van der Waals surface area contributed by atoms with Gasteiger partial charge in [-0.25, -0.2) is 9.18 Å². The van der Waals surface area contributed by atoms with Gasteiger partial charge in [-0.3, -0.25) is 0 Å². The minimum Gasteiger partial charge on any atom is -0.463 e. The average Bonchev–Trinajstić information content (AvgIpc) is 2.21. The van der Waals surface area contributed by atoms with E-state index in [4.69, 9.17) is 0 Å². The van der Waals surface area contributed by atoms with Crippen LogP contribution in [0.1, 0.15) is 6.92 Å². The van der Waals surface area contributed by atoms with Crippen molar-refractivity contribution in [3.05, 3.63) is 28.7 Å². The molecule has 1 aromatic rings. The van der Waals surface area contributed by atoms with Crippen LogP contribution in [0.5, 0.6) is 0 Å². The van der Waals surface area contributed by atoms with E-state index in [9.17, 15) is 9.18 Å². The van der Waals surface area contributed by atoms with Crippen molar-refractivity contribution in [3.8, 4) is 0 Å². The molecule has 0 fully saturated rings. The molecular formula is C10H10BrFO2S. The zero-order valence-electron chi connectivity index (χ0n) is 8.07. The largest absolute Gasteiger partial charge is 0.463 e. The van der Waals surface area contributed by atoms with E-state index in [0.29, 0.717) is 4.90 Å². The summed E-state index contributed by atoms with van der Waals surface area (Å²) in [6, 6.07) is 7.14. The summed E-state index contributed by atoms with van der Waals surface area (Å²) in [6.07, 6.45) is 0. The van der Waals surface area contributed by atoms with E-state index >= 15 is 0 Å². The topological polar surface area (TPSA) is 26.3 Å². The third kappa shape index (κ3) is 3.83. The fourth-order valence-corrected chi connectivity index (χ4v) is 2.20. The van der Waals surface area contributed by atoms with Crippen LogP contribution in [-0.2, 0) is 9.53 Å². The van der Waals surface area contributed by atoms with Crippen molar-refractivity contribution in [3.63, 3.8) is 0 Å². The van der Waals surface area contributed by atoms with Crippen molar-refractivity contribution in [2.45, 2.75) is 17.3 Å². The molecule has 0 bridgehead atoms. The van der Waals surface area contributed by atoms with Crippen molar-refractivity contribution in [1.82, 2.24) is 0 Å². The van der Waals surface area contributed by atoms with Crippen molar-refractivity contribution in [2.75, 3.05) is 6.61 Å². The second-order valence-electron chi connectivity index (χ2n) is 2.62. The van der Waals surface area contributed by atoms with E-state index < -0.39 is 11.5 Å². The van der Waals surface area contributed by atoms with Crippen molar-refractivity contribution >= 4 is 33.7 Å². The Morgan fingerprint density at radius 3 is 2.87 bits per heavy atom. The zero-order chi connectivity index (χ0) is 11.3. The van der Waals surface area contributed by atoms with Gasteiger partial charge in [0.2, 0.25) is 5.50 Å². The summed E-state index contributed by atoms with van der Waals surface area (Å²) in [7, 11) is 0. The molecule has 5 heteroatoms. The minimum atomic E-state index is -1.68. The first-order valence-corrected chi connectivity index (χ1v) is 6.04. The third-order valence-electron chi connectivity index (χ3n) is 1.54. The maximum atomic E-state index is 13.3. The monoisotopic (exact) mass is 292 g/mol. The van der Waals surface area contributed by atoms with Gasteiger partial charge in [-0.15, -0.1) is 0 Å². The molecule has 15 heavy (non-hydrogen) atoms. The number of benzene rings is 1. The summed E-state index contributed by atoms with van der Waals surface area (Å²) in [6.45, 7) is 1.84. The first kappa shape index (κ1) is 12.5. The lowest BCUT2D eigenvalue weighted by molar-refractivity contribution is -0.145. The SMILES string of the molecule is CCOC(=O)C(F)Sc1ccccc1Br. The van der Waals surface area contributed by atoms with Crippen LogP contribution >= 0.6 is 27.7 Å².